The monoisotopic (exact) mass is 361 g/mol. The van der Waals surface area contributed by atoms with E-state index < -0.39 is 0 Å². The Bertz CT molecular complexity index is 402. The van der Waals surface area contributed by atoms with Crippen molar-refractivity contribution < 1.29 is 0 Å². The zero-order chi connectivity index (χ0) is 17.2. The molecule has 4 aliphatic rings. The Morgan fingerprint density at radius 2 is 1.52 bits per heavy atom. The van der Waals surface area contributed by atoms with Crippen molar-refractivity contribution in [1.82, 2.24) is 0 Å². The van der Waals surface area contributed by atoms with Gasteiger partial charge in [0.25, 0.3) is 0 Å². The second-order valence-corrected chi connectivity index (χ2v) is 13.6. The van der Waals surface area contributed by atoms with E-state index in [1.165, 1.54) is 5.66 Å². The van der Waals surface area contributed by atoms with E-state index >= 15 is 0 Å². The lowest BCUT2D eigenvalue weighted by molar-refractivity contribution is 0.226. The molecule has 0 aromatic carbocycles. The van der Waals surface area contributed by atoms with Crippen molar-refractivity contribution in [2.24, 2.45) is 17.8 Å². The number of unbranched alkanes of at least 4 members (excludes halogenated alkanes) is 2. The van der Waals surface area contributed by atoms with Crippen molar-refractivity contribution >= 4 is 14.6 Å². The molecule has 0 N–H and O–H groups in total. The molecule has 3 heterocycles. The van der Waals surface area contributed by atoms with E-state index in [-0.39, 0.29) is 7.92 Å². The molecule has 0 nitrogen and oxygen atoms in total. The highest BCUT2D eigenvalue weighted by atomic mass is 31.1. The lowest BCUT2D eigenvalue weighted by atomic mass is 9.26. The summed E-state index contributed by atoms with van der Waals surface area (Å²) >= 11 is 0. The number of rotatable bonds is 6. The molecule has 0 spiro atoms. The van der Waals surface area contributed by atoms with Crippen LogP contribution >= 0.6 is 7.92 Å². The van der Waals surface area contributed by atoms with Gasteiger partial charge in [0, 0.05) is 7.92 Å². The minimum atomic E-state index is -0.0353. The zero-order valence-corrected chi connectivity index (χ0v) is 18.1. The zero-order valence-electron chi connectivity index (χ0n) is 17.1. The standard InChI is InChI=1S/C23H42BP/c1-18-12-13-20-16-23(18)25(17-19(20)2)15-5-3-4-14-24-21-8-6-9-22(24)11-7-10-21/h18-23H,3-17H2,1-2H3/p+1/t18-,19+,20?,21?,22?,23?,25?/m0/s1. The average Bonchev–Trinajstić information content (AvgIpc) is 2.60. The van der Waals surface area contributed by atoms with Crippen LogP contribution in [-0.4, -0.2) is 24.7 Å². The maximum Gasteiger partial charge on any atom is 0.146 e. The third-order valence-corrected chi connectivity index (χ3v) is 13.2. The summed E-state index contributed by atoms with van der Waals surface area (Å²) in [7, 11) is -0.0353. The Labute approximate surface area is 159 Å². The van der Waals surface area contributed by atoms with Crippen molar-refractivity contribution in [1.29, 1.82) is 0 Å². The predicted molar refractivity (Wildman–Crippen MR) is 117 cm³/mol. The SMILES string of the molecule is C[C@@H]1C[PH+](CCCCCB2C3CCCC2CCC3)C2CC1CC[C@@H]2C. The van der Waals surface area contributed by atoms with Gasteiger partial charge in [-0.15, -0.1) is 0 Å². The highest BCUT2D eigenvalue weighted by Crippen LogP contribution is 2.58. The highest BCUT2D eigenvalue weighted by Gasteiger charge is 2.45. The summed E-state index contributed by atoms with van der Waals surface area (Å²) in [6, 6.07) is 0. The number of hydrogen-bond acceptors (Lipinski definition) is 0. The smallest absolute Gasteiger partial charge is 0.0737 e. The average molecular weight is 361 g/mol. The van der Waals surface area contributed by atoms with Crippen LogP contribution in [0.25, 0.3) is 0 Å². The molecule has 25 heavy (non-hydrogen) atoms. The molecular formula is C23H43BP+. The van der Waals surface area contributed by atoms with Gasteiger partial charge in [0.2, 0.25) is 0 Å². The Morgan fingerprint density at radius 3 is 2.24 bits per heavy atom. The summed E-state index contributed by atoms with van der Waals surface area (Å²) in [5, 5.41) is 0. The molecule has 1 aliphatic carbocycles. The molecule has 2 heteroatoms. The van der Waals surface area contributed by atoms with E-state index in [9.17, 15) is 0 Å². The number of fused-ring (bicyclic) bond motifs is 4. The summed E-state index contributed by atoms with van der Waals surface area (Å²) in [4.78, 5) is 0. The van der Waals surface area contributed by atoms with Gasteiger partial charge in [0.1, 0.15) is 6.71 Å². The molecule has 0 aromatic rings. The Morgan fingerprint density at radius 1 is 0.800 bits per heavy atom. The minimum absolute atomic E-state index is 0.0353. The summed E-state index contributed by atoms with van der Waals surface area (Å²) in [6.07, 6.45) is 23.8. The fourth-order valence-electron chi connectivity index (χ4n) is 7.65. The van der Waals surface area contributed by atoms with Crippen molar-refractivity contribution in [3.8, 4) is 0 Å². The van der Waals surface area contributed by atoms with Gasteiger partial charge in [-0.05, 0) is 43.4 Å². The molecule has 4 bridgehead atoms. The molecule has 3 saturated heterocycles. The lowest BCUT2D eigenvalue weighted by Gasteiger charge is -2.43. The lowest BCUT2D eigenvalue weighted by Crippen LogP contribution is -2.37. The van der Waals surface area contributed by atoms with Gasteiger partial charge in [0.05, 0.1) is 18.0 Å². The van der Waals surface area contributed by atoms with E-state index in [0.29, 0.717) is 0 Å². The summed E-state index contributed by atoms with van der Waals surface area (Å²) in [5.41, 5.74) is 1.19. The van der Waals surface area contributed by atoms with Crippen molar-refractivity contribution in [2.75, 3.05) is 12.3 Å². The van der Waals surface area contributed by atoms with Crippen LogP contribution in [0.1, 0.15) is 90.9 Å². The Hall–Kier alpha value is 0.495. The fraction of sp³-hybridized carbons (Fsp3) is 1.00. The molecule has 1 saturated carbocycles. The van der Waals surface area contributed by atoms with Crippen LogP contribution in [0.3, 0.4) is 0 Å². The van der Waals surface area contributed by atoms with Gasteiger partial charge < -0.3 is 0 Å². The first-order valence-electron chi connectivity index (χ1n) is 12.1. The summed E-state index contributed by atoms with van der Waals surface area (Å²) in [6.45, 7) is 6.32. The van der Waals surface area contributed by atoms with E-state index in [1.807, 2.05) is 0 Å². The van der Waals surface area contributed by atoms with Crippen LogP contribution < -0.4 is 0 Å². The molecule has 142 valence electrons. The summed E-state index contributed by atoms with van der Waals surface area (Å²) < 4.78 is 0. The molecule has 3 aliphatic heterocycles. The molecule has 0 radical (unpaired) electrons. The van der Waals surface area contributed by atoms with Gasteiger partial charge in [-0.3, -0.25) is 0 Å². The largest absolute Gasteiger partial charge is 0.146 e. The molecular weight excluding hydrogens is 318 g/mol. The van der Waals surface area contributed by atoms with Crippen LogP contribution in [0.2, 0.25) is 18.0 Å². The van der Waals surface area contributed by atoms with Gasteiger partial charge in [-0.2, -0.15) is 0 Å². The third-order valence-electron chi connectivity index (χ3n) is 9.20. The van der Waals surface area contributed by atoms with E-state index in [1.54, 1.807) is 95.7 Å². The van der Waals surface area contributed by atoms with Gasteiger partial charge in [0.15, 0.2) is 0 Å². The van der Waals surface area contributed by atoms with Crippen molar-refractivity contribution in [3.05, 3.63) is 0 Å². The van der Waals surface area contributed by atoms with E-state index in [2.05, 4.69) is 13.8 Å². The second kappa shape index (κ2) is 8.67. The van der Waals surface area contributed by atoms with Crippen LogP contribution in [-0.2, 0) is 0 Å². The van der Waals surface area contributed by atoms with Gasteiger partial charge in [-0.25, -0.2) is 0 Å². The normalized spacial score (nSPS) is 43.9. The van der Waals surface area contributed by atoms with Crippen LogP contribution in [0.5, 0.6) is 0 Å². The molecule has 3 unspecified atom stereocenters. The Kier molecular flexibility index (Phi) is 6.53. The van der Waals surface area contributed by atoms with Crippen molar-refractivity contribution in [2.45, 2.75) is 115 Å². The Balaban J connectivity index is 1.18. The van der Waals surface area contributed by atoms with Crippen LogP contribution in [0.4, 0.5) is 0 Å². The van der Waals surface area contributed by atoms with Crippen LogP contribution in [0.15, 0.2) is 0 Å². The molecule has 0 aromatic heterocycles. The van der Waals surface area contributed by atoms with Gasteiger partial charge in [-0.1, -0.05) is 83.2 Å². The van der Waals surface area contributed by atoms with Crippen LogP contribution in [0, 0.1) is 17.8 Å². The topological polar surface area (TPSA) is 0 Å². The predicted octanol–water partition coefficient (Wildman–Crippen LogP) is 7.43. The second-order valence-electron chi connectivity index (χ2n) is 10.6. The molecule has 0 amide bonds. The van der Waals surface area contributed by atoms with E-state index in [4.69, 9.17) is 0 Å². The highest BCUT2D eigenvalue weighted by molar-refractivity contribution is 7.58. The van der Waals surface area contributed by atoms with E-state index in [0.717, 1.165) is 36.1 Å². The fourth-order valence-corrected chi connectivity index (χ4v) is 12.0. The first-order valence-corrected chi connectivity index (χ1v) is 14.1. The first-order chi connectivity index (χ1) is 12.2. The quantitative estimate of drug-likeness (QED) is 0.262. The van der Waals surface area contributed by atoms with Crippen molar-refractivity contribution in [3.63, 3.8) is 0 Å². The minimum Gasteiger partial charge on any atom is -0.0737 e. The maximum absolute atomic E-state index is 2.59. The van der Waals surface area contributed by atoms with Gasteiger partial charge >= 0.3 is 0 Å². The third kappa shape index (κ3) is 4.33. The molecule has 4 fully saturated rings. The molecule has 4 rings (SSSR count). The first kappa shape index (κ1) is 18.8. The molecule has 5 atom stereocenters. The summed E-state index contributed by atoms with van der Waals surface area (Å²) in [5.74, 6) is 5.52. The maximum atomic E-state index is 2.59. The number of hydrogen-bond donors (Lipinski definition) is 0.